The Balaban J connectivity index is 2.12. The Morgan fingerprint density at radius 2 is 2.10 bits per heavy atom. The molecule has 0 atom stereocenters. The minimum Gasteiger partial charge on any atom is -0.496 e. The third-order valence-corrected chi connectivity index (χ3v) is 4.06. The van der Waals surface area contributed by atoms with Crippen molar-refractivity contribution in [3.63, 3.8) is 0 Å². The van der Waals surface area contributed by atoms with Crippen LogP contribution in [0.5, 0.6) is 5.75 Å². The molecule has 0 unspecified atom stereocenters. The van der Waals surface area contributed by atoms with E-state index in [0.717, 1.165) is 21.2 Å². The molecule has 0 fully saturated rings. The number of nitrogen functional groups attached to an aromatic ring is 1. The number of ether oxygens (including phenoxy) is 1. The van der Waals surface area contributed by atoms with Crippen LogP contribution < -0.4 is 10.5 Å². The first-order valence-corrected chi connectivity index (χ1v) is 7.36. The van der Waals surface area contributed by atoms with E-state index in [9.17, 15) is 0 Å². The lowest BCUT2D eigenvalue weighted by molar-refractivity contribution is 0.413. The Morgan fingerprint density at radius 1 is 1.30 bits per heavy atom. The highest BCUT2D eigenvalue weighted by atomic mass is 35.5. The van der Waals surface area contributed by atoms with Crippen molar-refractivity contribution in [2.75, 3.05) is 7.11 Å². The highest BCUT2D eigenvalue weighted by Crippen LogP contribution is 2.27. The van der Waals surface area contributed by atoms with E-state index in [1.54, 1.807) is 18.9 Å². The van der Waals surface area contributed by atoms with E-state index < -0.39 is 0 Å². The lowest BCUT2D eigenvalue weighted by Crippen LogP contribution is -2.12. The first-order chi connectivity index (χ1) is 9.60. The van der Waals surface area contributed by atoms with E-state index in [2.05, 4.69) is 0 Å². The molecule has 0 aliphatic carbocycles. The maximum absolute atomic E-state index is 7.49. The first-order valence-electron chi connectivity index (χ1n) is 6.00. The number of nitrogens with one attached hydrogen (secondary N) is 1. The highest BCUT2D eigenvalue weighted by Gasteiger charge is 2.07. The Hall–Kier alpha value is -1.65. The summed E-state index contributed by atoms with van der Waals surface area (Å²) < 4.78 is 5.27. The average Bonchev–Trinajstić information content (AvgIpc) is 2.44. The van der Waals surface area contributed by atoms with Crippen molar-refractivity contribution in [3.8, 4) is 5.75 Å². The summed E-state index contributed by atoms with van der Waals surface area (Å²) in [5, 5.41) is 8.22. The van der Waals surface area contributed by atoms with Crippen molar-refractivity contribution >= 4 is 29.2 Å². The molecule has 0 bridgehead atoms. The van der Waals surface area contributed by atoms with Crippen LogP contribution in [-0.2, 0) is 5.75 Å². The van der Waals surface area contributed by atoms with E-state index in [-0.39, 0.29) is 5.84 Å². The number of hydrogen-bond donors (Lipinski definition) is 2. The van der Waals surface area contributed by atoms with Crippen LogP contribution in [-0.4, -0.2) is 12.9 Å². The smallest absolute Gasteiger partial charge is 0.130 e. The molecular weight excluding hydrogens is 292 g/mol. The summed E-state index contributed by atoms with van der Waals surface area (Å²) in [7, 11) is 1.58. The van der Waals surface area contributed by atoms with E-state index in [1.807, 2.05) is 42.5 Å². The fourth-order valence-electron chi connectivity index (χ4n) is 1.77. The molecule has 0 spiro atoms. The lowest BCUT2D eigenvalue weighted by atomic mass is 10.1. The molecule has 0 saturated carbocycles. The lowest BCUT2D eigenvalue weighted by Gasteiger charge is -2.09. The number of rotatable bonds is 5. The number of hydrogen-bond acceptors (Lipinski definition) is 3. The Labute approximate surface area is 127 Å². The van der Waals surface area contributed by atoms with Gasteiger partial charge in [0, 0.05) is 15.7 Å². The van der Waals surface area contributed by atoms with E-state index in [4.69, 9.17) is 27.5 Å². The van der Waals surface area contributed by atoms with Crippen LogP contribution in [0.2, 0.25) is 5.02 Å². The van der Waals surface area contributed by atoms with Crippen LogP contribution in [0.3, 0.4) is 0 Å². The van der Waals surface area contributed by atoms with Crippen LogP contribution in [0.1, 0.15) is 11.1 Å². The van der Waals surface area contributed by atoms with Gasteiger partial charge in [0.2, 0.25) is 0 Å². The van der Waals surface area contributed by atoms with E-state index >= 15 is 0 Å². The van der Waals surface area contributed by atoms with Gasteiger partial charge in [-0.05, 0) is 35.9 Å². The number of thioether (sulfide) groups is 1. The molecule has 104 valence electrons. The molecular formula is C15H15ClN2OS. The normalized spacial score (nSPS) is 10.3. The molecule has 2 rings (SSSR count). The largest absolute Gasteiger partial charge is 0.496 e. The van der Waals surface area contributed by atoms with Gasteiger partial charge in [-0.2, -0.15) is 0 Å². The van der Waals surface area contributed by atoms with Gasteiger partial charge in [-0.3, -0.25) is 5.41 Å². The molecule has 20 heavy (non-hydrogen) atoms. The molecule has 0 aliphatic heterocycles. The number of nitrogens with two attached hydrogens (primary N) is 1. The topological polar surface area (TPSA) is 59.1 Å². The molecule has 0 radical (unpaired) electrons. The second-order valence-corrected chi connectivity index (χ2v) is 5.68. The van der Waals surface area contributed by atoms with Crippen LogP contribution in [0, 0.1) is 5.41 Å². The third-order valence-electron chi connectivity index (χ3n) is 2.76. The summed E-state index contributed by atoms with van der Waals surface area (Å²) >= 11 is 7.66. The van der Waals surface area contributed by atoms with Gasteiger partial charge in [0.15, 0.2) is 0 Å². The van der Waals surface area contributed by atoms with Gasteiger partial charge in [-0.1, -0.05) is 23.7 Å². The molecule has 0 amide bonds. The number of benzene rings is 2. The number of methoxy groups -OCH3 is 1. The average molecular weight is 307 g/mol. The van der Waals surface area contributed by atoms with Crippen molar-refractivity contribution < 1.29 is 4.74 Å². The molecule has 2 aromatic carbocycles. The van der Waals surface area contributed by atoms with E-state index in [0.29, 0.717) is 11.3 Å². The molecule has 0 aromatic heterocycles. The fourth-order valence-corrected chi connectivity index (χ4v) is 2.92. The zero-order valence-corrected chi connectivity index (χ0v) is 12.6. The summed E-state index contributed by atoms with van der Waals surface area (Å²) in [5.74, 6) is 1.44. The zero-order chi connectivity index (χ0) is 14.5. The highest BCUT2D eigenvalue weighted by molar-refractivity contribution is 7.98. The maximum atomic E-state index is 7.49. The van der Waals surface area contributed by atoms with Crippen LogP contribution in [0.25, 0.3) is 0 Å². The first kappa shape index (κ1) is 14.8. The van der Waals surface area contributed by atoms with Gasteiger partial charge in [-0.15, -0.1) is 11.8 Å². The Bertz CT molecular complexity index is 631. The Kier molecular flexibility index (Phi) is 4.93. The van der Waals surface area contributed by atoms with Crippen molar-refractivity contribution in [1.29, 1.82) is 5.41 Å². The van der Waals surface area contributed by atoms with Crippen LogP contribution in [0.4, 0.5) is 0 Å². The van der Waals surface area contributed by atoms with Gasteiger partial charge < -0.3 is 10.5 Å². The zero-order valence-electron chi connectivity index (χ0n) is 11.0. The predicted octanol–water partition coefficient (Wildman–Crippen LogP) is 3.92. The fraction of sp³-hybridized carbons (Fsp3) is 0.133. The monoisotopic (exact) mass is 306 g/mol. The minimum absolute atomic E-state index is 0.0101. The summed E-state index contributed by atoms with van der Waals surface area (Å²) in [6.45, 7) is 0. The van der Waals surface area contributed by atoms with Crippen molar-refractivity contribution in [1.82, 2.24) is 0 Å². The van der Waals surface area contributed by atoms with Crippen LogP contribution in [0.15, 0.2) is 47.4 Å². The van der Waals surface area contributed by atoms with E-state index in [1.165, 1.54) is 0 Å². The van der Waals surface area contributed by atoms with Crippen LogP contribution >= 0.6 is 23.4 Å². The summed E-state index contributed by atoms with van der Waals surface area (Å²) in [5.41, 5.74) is 7.23. The molecule has 0 aliphatic rings. The second-order valence-electron chi connectivity index (χ2n) is 4.19. The summed E-state index contributed by atoms with van der Waals surface area (Å²) in [4.78, 5) is 1.12. The van der Waals surface area contributed by atoms with Gasteiger partial charge >= 0.3 is 0 Å². The molecule has 3 N–H and O–H groups in total. The van der Waals surface area contributed by atoms with Gasteiger partial charge in [0.1, 0.15) is 11.6 Å². The summed E-state index contributed by atoms with van der Waals surface area (Å²) in [6, 6.07) is 13.4. The maximum Gasteiger partial charge on any atom is 0.130 e. The molecule has 0 saturated heterocycles. The Morgan fingerprint density at radius 3 is 2.75 bits per heavy atom. The second kappa shape index (κ2) is 6.68. The van der Waals surface area contributed by atoms with Crippen molar-refractivity contribution in [2.24, 2.45) is 5.73 Å². The SMILES string of the molecule is COc1cc(CSc2cccc(Cl)c2)ccc1C(=N)N. The van der Waals surface area contributed by atoms with Gasteiger partial charge in [-0.25, -0.2) is 0 Å². The third kappa shape index (κ3) is 3.68. The number of halogens is 1. The molecule has 3 nitrogen and oxygen atoms in total. The predicted molar refractivity (Wildman–Crippen MR) is 85.0 cm³/mol. The standard InChI is InChI=1S/C15H15ClN2OS/c1-19-14-7-10(5-6-13(14)15(17)18)9-20-12-4-2-3-11(16)8-12/h2-8H,9H2,1H3,(H3,17,18). The van der Waals surface area contributed by atoms with Gasteiger partial charge in [0.25, 0.3) is 0 Å². The molecule has 2 aromatic rings. The van der Waals surface area contributed by atoms with Crippen molar-refractivity contribution in [3.05, 3.63) is 58.6 Å². The molecule has 0 heterocycles. The quantitative estimate of drug-likeness (QED) is 0.500. The van der Waals surface area contributed by atoms with Gasteiger partial charge in [0.05, 0.1) is 12.7 Å². The summed E-state index contributed by atoms with van der Waals surface area (Å²) in [6.07, 6.45) is 0. The molecule has 5 heteroatoms. The number of amidine groups is 1. The van der Waals surface area contributed by atoms with Crippen molar-refractivity contribution in [2.45, 2.75) is 10.6 Å². The minimum atomic E-state index is 0.0101.